The first kappa shape index (κ1) is 14.8. The Bertz CT molecular complexity index is 522. The van der Waals surface area contributed by atoms with Crippen LogP contribution in [0.25, 0.3) is 0 Å². The van der Waals surface area contributed by atoms with Gasteiger partial charge in [-0.2, -0.15) is 5.26 Å². The van der Waals surface area contributed by atoms with E-state index in [9.17, 15) is 4.79 Å². The zero-order chi connectivity index (χ0) is 14.7. The largest absolute Gasteiger partial charge is 0.425 e. The summed E-state index contributed by atoms with van der Waals surface area (Å²) in [6.07, 6.45) is 0.492. The number of esters is 1. The molecule has 20 heavy (non-hydrogen) atoms. The molecule has 1 saturated heterocycles. The van der Waals surface area contributed by atoms with Crippen LogP contribution in [0.2, 0.25) is 5.02 Å². The molecule has 0 saturated carbocycles. The van der Waals surface area contributed by atoms with E-state index in [0.717, 1.165) is 0 Å². The summed E-state index contributed by atoms with van der Waals surface area (Å²) in [5, 5.41) is 12.9. The minimum Gasteiger partial charge on any atom is -0.425 e. The number of nitriles is 1. The molecule has 1 N–H and O–H groups in total. The Labute approximate surface area is 123 Å². The van der Waals surface area contributed by atoms with Crippen molar-refractivity contribution in [1.82, 2.24) is 5.32 Å². The van der Waals surface area contributed by atoms with Crippen LogP contribution in [0.1, 0.15) is 20.3 Å². The van der Waals surface area contributed by atoms with Gasteiger partial charge in [0.2, 0.25) is 0 Å². The van der Waals surface area contributed by atoms with Crippen molar-refractivity contribution in [1.29, 1.82) is 5.26 Å². The van der Waals surface area contributed by atoms with Crippen molar-refractivity contribution in [2.24, 2.45) is 11.8 Å². The van der Waals surface area contributed by atoms with Gasteiger partial charge in [0.1, 0.15) is 11.8 Å². The molecule has 0 aliphatic carbocycles. The first-order valence-corrected chi connectivity index (χ1v) is 7.02. The number of carbonyl (C=O) groups is 1. The first-order valence-electron chi connectivity index (χ1n) is 6.64. The van der Waals surface area contributed by atoms with Gasteiger partial charge in [-0.25, -0.2) is 4.79 Å². The van der Waals surface area contributed by atoms with Crippen LogP contribution in [0, 0.1) is 23.2 Å². The molecule has 1 heterocycles. The molecular weight excluding hydrogens is 276 g/mol. The van der Waals surface area contributed by atoms with E-state index in [4.69, 9.17) is 21.6 Å². The first-order chi connectivity index (χ1) is 9.51. The minimum absolute atomic E-state index is 0.0303. The molecule has 0 amide bonds. The lowest BCUT2D eigenvalue weighted by Gasteiger charge is -2.18. The molecule has 106 valence electrons. The molecule has 1 aromatic rings. The number of nitrogens with zero attached hydrogens (tertiary/aromatic N) is 1. The molecule has 3 atom stereocenters. The normalized spacial score (nSPS) is 25.4. The van der Waals surface area contributed by atoms with Gasteiger partial charge in [-0.15, -0.1) is 0 Å². The van der Waals surface area contributed by atoms with Gasteiger partial charge < -0.3 is 4.74 Å². The van der Waals surface area contributed by atoms with Crippen molar-refractivity contribution in [2.45, 2.75) is 32.4 Å². The number of hydrogen-bond donors (Lipinski definition) is 1. The van der Waals surface area contributed by atoms with E-state index >= 15 is 0 Å². The molecule has 1 fully saturated rings. The lowest BCUT2D eigenvalue weighted by molar-refractivity contribution is -0.136. The number of hydrogen-bond acceptors (Lipinski definition) is 4. The molecule has 1 aromatic carbocycles. The van der Waals surface area contributed by atoms with Crippen molar-refractivity contribution >= 4 is 17.6 Å². The van der Waals surface area contributed by atoms with E-state index in [-0.39, 0.29) is 17.9 Å². The van der Waals surface area contributed by atoms with E-state index in [2.05, 4.69) is 11.4 Å². The number of halogens is 1. The van der Waals surface area contributed by atoms with Crippen LogP contribution in [0.15, 0.2) is 24.3 Å². The summed E-state index contributed by atoms with van der Waals surface area (Å²) < 4.78 is 5.30. The van der Waals surface area contributed by atoms with E-state index in [1.807, 2.05) is 13.8 Å². The van der Waals surface area contributed by atoms with Crippen LogP contribution in [-0.4, -0.2) is 18.1 Å². The molecule has 1 aliphatic heterocycles. The maximum atomic E-state index is 12.1. The smallest absolute Gasteiger partial charge is 0.328 e. The molecule has 3 unspecified atom stereocenters. The Morgan fingerprint density at radius 1 is 1.45 bits per heavy atom. The summed E-state index contributed by atoms with van der Waals surface area (Å²) in [6, 6.07) is 8.50. The lowest BCUT2D eigenvalue weighted by atomic mass is 9.92. The second-order valence-electron chi connectivity index (χ2n) is 5.34. The fraction of sp³-hybridized carbons (Fsp3) is 0.467. The standard InChI is InChI=1S/C15H17ClN2O2/c1-9(2)14-10(8-17)7-13(18-14)15(19)20-12-5-3-11(16)4-6-12/h3-6,9-10,13-14,18H,7H2,1-2H3. The third-order valence-electron chi connectivity index (χ3n) is 3.52. The number of rotatable bonds is 3. The zero-order valence-corrected chi connectivity index (χ0v) is 12.2. The van der Waals surface area contributed by atoms with Crippen molar-refractivity contribution in [2.75, 3.05) is 0 Å². The predicted molar refractivity (Wildman–Crippen MR) is 76.4 cm³/mol. The highest BCUT2D eigenvalue weighted by atomic mass is 35.5. The average molecular weight is 293 g/mol. The number of carbonyl (C=O) groups excluding carboxylic acids is 1. The Balaban J connectivity index is 2.00. The Morgan fingerprint density at radius 2 is 2.10 bits per heavy atom. The van der Waals surface area contributed by atoms with E-state index < -0.39 is 6.04 Å². The van der Waals surface area contributed by atoms with Crippen LogP contribution >= 0.6 is 11.6 Å². The predicted octanol–water partition coefficient (Wildman–Crippen LogP) is 2.77. The minimum atomic E-state index is -0.428. The molecule has 4 nitrogen and oxygen atoms in total. The molecule has 5 heteroatoms. The lowest BCUT2D eigenvalue weighted by Crippen LogP contribution is -2.40. The van der Waals surface area contributed by atoms with Crippen LogP contribution in [0.5, 0.6) is 5.75 Å². The topological polar surface area (TPSA) is 62.1 Å². The second-order valence-corrected chi connectivity index (χ2v) is 5.77. The maximum Gasteiger partial charge on any atom is 0.328 e. The SMILES string of the molecule is CC(C)C1NC(C(=O)Oc2ccc(Cl)cc2)CC1C#N. The van der Waals surface area contributed by atoms with Gasteiger partial charge in [0.05, 0.1) is 12.0 Å². The Kier molecular flexibility index (Phi) is 4.64. The molecule has 0 spiro atoms. The van der Waals surface area contributed by atoms with Gasteiger partial charge in [-0.1, -0.05) is 25.4 Å². The molecule has 2 rings (SSSR count). The number of ether oxygens (including phenoxy) is 1. The molecule has 1 aliphatic rings. The van der Waals surface area contributed by atoms with Gasteiger partial charge in [0, 0.05) is 11.1 Å². The van der Waals surface area contributed by atoms with Crippen molar-refractivity contribution in [3.63, 3.8) is 0 Å². The van der Waals surface area contributed by atoms with Gasteiger partial charge in [0.15, 0.2) is 0 Å². The Morgan fingerprint density at radius 3 is 2.60 bits per heavy atom. The fourth-order valence-electron chi connectivity index (χ4n) is 2.46. The van der Waals surface area contributed by atoms with Crippen molar-refractivity contribution < 1.29 is 9.53 Å². The number of nitrogens with one attached hydrogen (secondary N) is 1. The third kappa shape index (κ3) is 3.30. The second kappa shape index (κ2) is 6.25. The van der Waals surface area contributed by atoms with E-state index in [1.165, 1.54) is 0 Å². The van der Waals surface area contributed by atoms with Crippen LogP contribution in [0.3, 0.4) is 0 Å². The van der Waals surface area contributed by atoms with Gasteiger partial charge >= 0.3 is 5.97 Å². The summed E-state index contributed by atoms with van der Waals surface area (Å²) in [5.41, 5.74) is 0. The Hall–Kier alpha value is -1.57. The molecule has 0 bridgehead atoms. The summed E-state index contributed by atoms with van der Waals surface area (Å²) in [6.45, 7) is 4.07. The van der Waals surface area contributed by atoms with Gasteiger partial charge in [0.25, 0.3) is 0 Å². The van der Waals surface area contributed by atoms with Crippen molar-refractivity contribution in [3.05, 3.63) is 29.3 Å². The quantitative estimate of drug-likeness (QED) is 0.687. The maximum absolute atomic E-state index is 12.1. The summed E-state index contributed by atoms with van der Waals surface area (Å²) in [7, 11) is 0. The molecule has 0 radical (unpaired) electrons. The highest BCUT2D eigenvalue weighted by Crippen LogP contribution is 2.26. The van der Waals surface area contributed by atoms with Crippen molar-refractivity contribution in [3.8, 4) is 11.8 Å². The number of benzene rings is 1. The summed E-state index contributed by atoms with van der Waals surface area (Å²) in [5.74, 6) is 0.254. The fourth-order valence-corrected chi connectivity index (χ4v) is 2.59. The van der Waals surface area contributed by atoms with Gasteiger partial charge in [-0.05, 0) is 36.6 Å². The summed E-state index contributed by atoms with van der Waals surface area (Å²) >= 11 is 5.78. The van der Waals surface area contributed by atoms with Crippen LogP contribution < -0.4 is 10.1 Å². The third-order valence-corrected chi connectivity index (χ3v) is 3.77. The van der Waals surface area contributed by atoms with Crippen LogP contribution in [0.4, 0.5) is 0 Å². The molecular formula is C15H17ClN2O2. The van der Waals surface area contributed by atoms with Crippen LogP contribution in [-0.2, 0) is 4.79 Å². The summed E-state index contributed by atoms with van der Waals surface area (Å²) in [4.78, 5) is 12.1. The highest BCUT2D eigenvalue weighted by molar-refractivity contribution is 6.30. The van der Waals surface area contributed by atoms with E-state index in [0.29, 0.717) is 23.1 Å². The zero-order valence-electron chi connectivity index (χ0n) is 11.5. The highest BCUT2D eigenvalue weighted by Gasteiger charge is 2.39. The molecule has 0 aromatic heterocycles. The van der Waals surface area contributed by atoms with Gasteiger partial charge in [-0.3, -0.25) is 5.32 Å². The van der Waals surface area contributed by atoms with E-state index in [1.54, 1.807) is 24.3 Å². The average Bonchev–Trinajstić information content (AvgIpc) is 2.86. The monoisotopic (exact) mass is 292 g/mol.